The number of hydrogen-bond acceptors (Lipinski definition) is 5. The third kappa shape index (κ3) is 2.11. The van der Waals surface area contributed by atoms with Gasteiger partial charge in [-0.05, 0) is 11.4 Å². The number of aromatic nitrogens is 1. The van der Waals surface area contributed by atoms with Gasteiger partial charge in [0.25, 0.3) is 6.01 Å². The minimum Gasteiger partial charge on any atom is -0.427 e. The smallest absolute Gasteiger partial charge is 0.292 e. The van der Waals surface area contributed by atoms with Crippen LogP contribution in [0.3, 0.4) is 0 Å². The summed E-state index contributed by atoms with van der Waals surface area (Å²) < 4.78 is 5.30. The minimum atomic E-state index is 0.123. The van der Waals surface area contributed by atoms with E-state index in [0.29, 0.717) is 25.9 Å². The normalized spacial score (nSPS) is 14.6. The predicted octanol–water partition coefficient (Wildman–Crippen LogP) is 1.45. The van der Waals surface area contributed by atoms with Gasteiger partial charge in [0.2, 0.25) is 5.91 Å². The summed E-state index contributed by atoms with van der Waals surface area (Å²) in [5.74, 6) is 0.844. The van der Waals surface area contributed by atoms with Gasteiger partial charge < -0.3 is 15.1 Å². The van der Waals surface area contributed by atoms with Gasteiger partial charge in [0.1, 0.15) is 5.76 Å². The minimum absolute atomic E-state index is 0.123. The second-order valence-corrected chi connectivity index (χ2v) is 5.28. The highest BCUT2D eigenvalue weighted by atomic mass is 32.1. The number of thiophene rings is 1. The molecule has 6 heteroatoms. The second kappa shape index (κ2) is 4.45. The molecule has 0 spiro atoms. The molecule has 2 N–H and O–H groups in total. The summed E-state index contributed by atoms with van der Waals surface area (Å²) >= 11 is 1.60. The third-order valence-corrected chi connectivity index (χ3v) is 3.88. The number of rotatable bonds is 2. The van der Waals surface area contributed by atoms with Crippen LogP contribution in [0.5, 0.6) is 0 Å². The first kappa shape index (κ1) is 11.3. The summed E-state index contributed by atoms with van der Waals surface area (Å²) in [6, 6.07) is 4.12. The predicted molar refractivity (Wildman–Crippen MR) is 68.1 cm³/mol. The van der Waals surface area contributed by atoms with Crippen molar-refractivity contribution in [3.63, 3.8) is 0 Å². The molecular weight excluding hydrogens is 250 g/mol. The van der Waals surface area contributed by atoms with Gasteiger partial charge in [0.05, 0.1) is 18.7 Å². The fourth-order valence-electron chi connectivity index (χ4n) is 2.10. The van der Waals surface area contributed by atoms with Crippen molar-refractivity contribution < 1.29 is 9.21 Å². The highest BCUT2D eigenvalue weighted by Crippen LogP contribution is 2.21. The van der Waals surface area contributed by atoms with Crippen LogP contribution in [-0.2, 0) is 24.2 Å². The van der Waals surface area contributed by atoms with Crippen LogP contribution in [0.15, 0.2) is 21.9 Å². The van der Waals surface area contributed by atoms with Gasteiger partial charge in [-0.15, -0.1) is 11.3 Å². The Morgan fingerprint density at radius 2 is 2.50 bits per heavy atom. The van der Waals surface area contributed by atoms with Crippen molar-refractivity contribution in [2.75, 3.05) is 12.3 Å². The Bertz CT molecular complexity index is 562. The molecule has 1 aliphatic rings. The standard InChI is InChI=1S/C12H13N3O2S/c13-12-14-9-3-4-15(7-10(9)17-12)11(16)6-8-2-1-5-18-8/h1-2,5H,3-4,6-7H2,(H2,13,14). The first-order valence-electron chi connectivity index (χ1n) is 5.76. The number of nitrogens with zero attached hydrogens (tertiary/aromatic N) is 2. The van der Waals surface area contributed by atoms with Gasteiger partial charge in [-0.1, -0.05) is 6.07 Å². The summed E-state index contributed by atoms with van der Waals surface area (Å²) in [6.45, 7) is 1.16. The van der Waals surface area contributed by atoms with Gasteiger partial charge in [0, 0.05) is 17.8 Å². The Kier molecular flexibility index (Phi) is 2.79. The fraction of sp³-hybridized carbons (Fsp3) is 0.333. The van der Waals surface area contributed by atoms with Crippen molar-refractivity contribution in [1.29, 1.82) is 0 Å². The Morgan fingerprint density at radius 1 is 1.61 bits per heavy atom. The van der Waals surface area contributed by atoms with Gasteiger partial charge in [-0.3, -0.25) is 4.79 Å². The zero-order chi connectivity index (χ0) is 12.5. The molecule has 0 aromatic carbocycles. The summed E-state index contributed by atoms with van der Waals surface area (Å²) in [4.78, 5) is 19.1. The molecule has 0 atom stereocenters. The molecule has 0 unspecified atom stereocenters. The molecule has 0 radical (unpaired) electrons. The molecule has 18 heavy (non-hydrogen) atoms. The lowest BCUT2D eigenvalue weighted by Gasteiger charge is -2.25. The first-order chi connectivity index (χ1) is 8.72. The average molecular weight is 263 g/mol. The lowest BCUT2D eigenvalue weighted by molar-refractivity contribution is -0.131. The van der Waals surface area contributed by atoms with E-state index >= 15 is 0 Å². The number of carbonyl (C=O) groups is 1. The van der Waals surface area contributed by atoms with E-state index in [1.165, 1.54) is 0 Å². The van der Waals surface area contributed by atoms with Crippen LogP contribution >= 0.6 is 11.3 Å². The van der Waals surface area contributed by atoms with Crippen LogP contribution < -0.4 is 5.73 Å². The summed E-state index contributed by atoms with van der Waals surface area (Å²) in [5, 5.41) is 1.98. The molecule has 2 aromatic heterocycles. The largest absolute Gasteiger partial charge is 0.427 e. The number of hydrogen-bond donors (Lipinski definition) is 1. The van der Waals surface area contributed by atoms with Crippen molar-refractivity contribution in [1.82, 2.24) is 9.88 Å². The summed E-state index contributed by atoms with van der Waals surface area (Å²) in [7, 11) is 0. The van der Waals surface area contributed by atoms with Gasteiger partial charge in [0.15, 0.2) is 0 Å². The summed E-state index contributed by atoms with van der Waals surface area (Å²) in [6.07, 6.45) is 1.17. The van der Waals surface area contributed by atoms with Crippen LogP contribution in [0.4, 0.5) is 6.01 Å². The number of carbonyl (C=O) groups excluding carboxylic acids is 1. The molecule has 94 valence electrons. The van der Waals surface area contributed by atoms with E-state index in [1.54, 1.807) is 16.2 Å². The topological polar surface area (TPSA) is 72.4 Å². The number of fused-ring (bicyclic) bond motifs is 1. The van der Waals surface area contributed by atoms with E-state index in [1.807, 2.05) is 17.5 Å². The average Bonchev–Trinajstić information content (AvgIpc) is 2.95. The van der Waals surface area contributed by atoms with Crippen LogP contribution in [0.25, 0.3) is 0 Å². The van der Waals surface area contributed by atoms with Crippen molar-refractivity contribution in [2.24, 2.45) is 0 Å². The molecule has 0 aliphatic carbocycles. The van der Waals surface area contributed by atoms with Crippen LogP contribution in [0.2, 0.25) is 0 Å². The van der Waals surface area contributed by atoms with Gasteiger partial charge in [-0.25, -0.2) is 0 Å². The van der Waals surface area contributed by atoms with Crippen molar-refractivity contribution >= 4 is 23.3 Å². The van der Waals surface area contributed by atoms with E-state index in [-0.39, 0.29) is 11.9 Å². The summed E-state index contributed by atoms with van der Waals surface area (Å²) in [5.41, 5.74) is 6.39. The molecule has 1 amide bonds. The number of oxazole rings is 1. The molecule has 0 saturated carbocycles. The molecule has 5 nitrogen and oxygen atoms in total. The Morgan fingerprint density at radius 3 is 3.28 bits per heavy atom. The first-order valence-corrected chi connectivity index (χ1v) is 6.64. The number of anilines is 1. The lowest BCUT2D eigenvalue weighted by Crippen LogP contribution is -2.36. The van der Waals surface area contributed by atoms with E-state index in [0.717, 1.165) is 16.3 Å². The highest BCUT2D eigenvalue weighted by molar-refractivity contribution is 7.10. The second-order valence-electron chi connectivity index (χ2n) is 4.24. The van der Waals surface area contributed by atoms with Crippen LogP contribution in [0.1, 0.15) is 16.3 Å². The molecule has 0 fully saturated rings. The van der Waals surface area contributed by atoms with Gasteiger partial charge >= 0.3 is 0 Å². The number of amides is 1. The fourth-order valence-corrected chi connectivity index (χ4v) is 2.80. The van der Waals surface area contributed by atoms with E-state index in [9.17, 15) is 4.79 Å². The maximum atomic E-state index is 12.1. The lowest BCUT2D eigenvalue weighted by atomic mass is 10.1. The molecule has 3 rings (SSSR count). The highest BCUT2D eigenvalue weighted by Gasteiger charge is 2.25. The molecule has 3 heterocycles. The molecule has 0 saturated heterocycles. The Balaban J connectivity index is 1.70. The van der Waals surface area contributed by atoms with Crippen LogP contribution in [0, 0.1) is 0 Å². The van der Waals surface area contributed by atoms with Crippen molar-refractivity contribution in [2.45, 2.75) is 19.4 Å². The Hall–Kier alpha value is -1.82. The van der Waals surface area contributed by atoms with E-state index in [2.05, 4.69) is 4.98 Å². The zero-order valence-electron chi connectivity index (χ0n) is 9.76. The van der Waals surface area contributed by atoms with Gasteiger partial charge in [-0.2, -0.15) is 4.98 Å². The SMILES string of the molecule is Nc1nc2c(o1)CN(C(=O)Cc1cccs1)CC2. The number of nitrogen functional groups attached to an aromatic ring is 1. The maximum Gasteiger partial charge on any atom is 0.292 e. The molecule has 0 bridgehead atoms. The van der Waals surface area contributed by atoms with Crippen LogP contribution in [-0.4, -0.2) is 22.3 Å². The quantitative estimate of drug-likeness (QED) is 0.890. The van der Waals surface area contributed by atoms with Crippen molar-refractivity contribution in [3.05, 3.63) is 33.8 Å². The van der Waals surface area contributed by atoms with Crippen molar-refractivity contribution in [3.8, 4) is 0 Å². The Labute approximate surface area is 108 Å². The van der Waals surface area contributed by atoms with E-state index < -0.39 is 0 Å². The monoisotopic (exact) mass is 263 g/mol. The molecule has 1 aliphatic heterocycles. The third-order valence-electron chi connectivity index (χ3n) is 3.01. The number of nitrogens with two attached hydrogens (primary N) is 1. The maximum absolute atomic E-state index is 12.1. The molecule has 2 aromatic rings. The zero-order valence-corrected chi connectivity index (χ0v) is 10.6. The van der Waals surface area contributed by atoms with E-state index in [4.69, 9.17) is 10.2 Å². The molecular formula is C12H13N3O2S.